The van der Waals surface area contributed by atoms with Gasteiger partial charge in [-0.1, -0.05) is 6.92 Å². The average molecular weight is 186 g/mol. The van der Waals surface area contributed by atoms with E-state index in [1.165, 1.54) is 0 Å². The lowest BCUT2D eigenvalue weighted by Gasteiger charge is -2.16. The second-order valence-corrected chi connectivity index (χ2v) is 3.41. The van der Waals surface area contributed by atoms with Gasteiger partial charge in [0.2, 0.25) is 5.91 Å². The topological polar surface area (TPSA) is 64.3 Å². The molecular weight excluding hydrogens is 168 g/mol. The average Bonchev–Trinajstić information content (AvgIpc) is 2.66. The Labute approximate surface area is 78.8 Å². The molecule has 0 aromatic heterocycles. The second-order valence-electron chi connectivity index (χ2n) is 3.41. The third-order valence-corrected chi connectivity index (χ3v) is 2.42. The van der Waals surface area contributed by atoms with E-state index in [1.54, 1.807) is 0 Å². The molecule has 4 nitrogen and oxygen atoms in total. The Bertz CT molecular complexity index is 163. The summed E-state index contributed by atoms with van der Waals surface area (Å²) in [7, 11) is 0. The van der Waals surface area contributed by atoms with Crippen LogP contribution in [0.4, 0.5) is 0 Å². The number of rotatable bonds is 4. The highest BCUT2D eigenvalue weighted by molar-refractivity contribution is 5.79. The molecule has 0 aliphatic carbocycles. The van der Waals surface area contributed by atoms with Gasteiger partial charge in [0.05, 0.1) is 12.5 Å². The first kappa shape index (κ1) is 10.5. The zero-order valence-electron chi connectivity index (χ0n) is 8.08. The van der Waals surface area contributed by atoms with Crippen molar-refractivity contribution >= 4 is 5.91 Å². The van der Waals surface area contributed by atoms with Gasteiger partial charge in [0.1, 0.15) is 0 Å². The van der Waals surface area contributed by atoms with Crippen molar-refractivity contribution in [3.05, 3.63) is 0 Å². The Hall–Kier alpha value is -0.610. The summed E-state index contributed by atoms with van der Waals surface area (Å²) in [5.74, 6) is 0.135. The number of hydrogen-bond donors (Lipinski definition) is 2. The minimum absolute atomic E-state index is 0.0422. The second kappa shape index (κ2) is 5.19. The highest BCUT2D eigenvalue weighted by Gasteiger charge is 2.24. The molecule has 1 aliphatic rings. The maximum absolute atomic E-state index is 11.5. The fourth-order valence-electron chi connectivity index (χ4n) is 1.39. The molecular formula is C9H18N2O2. The van der Waals surface area contributed by atoms with Crippen molar-refractivity contribution < 1.29 is 9.53 Å². The van der Waals surface area contributed by atoms with Crippen LogP contribution >= 0.6 is 0 Å². The predicted octanol–water partition coefficient (Wildman–Crippen LogP) is -0.124. The zero-order chi connectivity index (χ0) is 9.68. The lowest BCUT2D eigenvalue weighted by Crippen LogP contribution is -2.42. The summed E-state index contributed by atoms with van der Waals surface area (Å²) in [6.45, 7) is 3.79. The van der Waals surface area contributed by atoms with Gasteiger partial charge in [-0.25, -0.2) is 0 Å². The highest BCUT2D eigenvalue weighted by atomic mass is 16.5. The zero-order valence-corrected chi connectivity index (χ0v) is 8.08. The molecule has 1 amide bonds. The van der Waals surface area contributed by atoms with Crippen LogP contribution in [0.1, 0.15) is 19.8 Å². The maximum atomic E-state index is 11.5. The predicted molar refractivity (Wildman–Crippen MR) is 50.2 cm³/mol. The molecule has 1 rings (SSSR count). The van der Waals surface area contributed by atoms with Gasteiger partial charge in [-0.2, -0.15) is 0 Å². The van der Waals surface area contributed by atoms with Crippen LogP contribution in [0.3, 0.4) is 0 Å². The summed E-state index contributed by atoms with van der Waals surface area (Å²) in [4.78, 5) is 11.5. The molecule has 1 saturated heterocycles. The van der Waals surface area contributed by atoms with Crippen molar-refractivity contribution in [2.45, 2.75) is 25.8 Å². The number of amides is 1. The largest absolute Gasteiger partial charge is 0.381 e. The fourth-order valence-corrected chi connectivity index (χ4v) is 1.39. The fraction of sp³-hybridized carbons (Fsp3) is 0.889. The van der Waals surface area contributed by atoms with Crippen LogP contribution in [0.5, 0.6) is 0 Å². The number of carbonyl (C=O) groups excluding carboxylic acids is 1. The van der Waals surface area contributed by atoms with Crippen molar-refractivity contribution in [1.82, 2.24) is 5.32 Å². The number of carbonyl (C=O) groups is 1. The molecule has 1 aliphatic heterocycles. The Morgan fingerprint density at radius 3 is 3.00 bits per heavy atom. The molecule has 0 aromatic rings. The summed E-state index contributed by atoms with van der Waals surface area (Å²) in [5, 5.41) is 2.91. The van der Waals surface area contributed by atoms with Crippen molar-refractivity contribution in [2.75, 3.05) is 19.8 Å². The summed E-state index contributed by atoms with van der Waals surface area (Å²) < 4.78 is 5.13. The minimum Gasteiger partial charge on any atom is -0.381 e. The van der Waals surface area contributed by atoms with E-state index in [9.17, 15) is 4.79 Å². The summed E-state index contributed by atoms with van der Waals surface area (Å²) in [6.07, 6.45) is 1.72. The van der Waals surface area contributed by atoms with E-state index < -0.39 is 0 Å². The first-order valence-corrected chi connectivity index (χ1v) is 4.86. The van der Waals surface area contributed by atoms with E-state index in [-0.39, 0.29) is 17.9 Å². The molecule has 0 aromatic carbocycles. The van der Waals surface area contributed by atoms with Crippen LogP contribution in [0, 0.1) is 5.92 Å². The molecule has 2 unspecified atom stereocenters. The van der Waals surface area contributed by atoms with E-state index in [1.807, 2.05) is 6.92 Å². The Morgan fingerprint density at radius 1 is 1.77 bits per heavy atom. The van der Waals surface area contributed by atoms with Gasteiger partial charge in [-0.05, 0) is 12.8 Å². The van der Waals surface area contributed by atoms with Gasteiger partial charge in [0.25, 0.3) is 0 Å². The van der Waals surface area contributed by atoms with Gasteiger partial charge in [-0.3, -0.25) is 4.79 Å². The summed E-state index contributed by atoms with van der Waals surface area (Å²) in [6, 6.07) is 0.119. The lowest BCUT2D eigenvalue weighted by atomic mass is 10.1. The van der Waals surface area contributed by atoms with Crippen molar-refractivity contribution in [2.24, 2.45) is 11.7 Å². The molecule has 3 N–H and O–H groups in total. The van der Waals surface area contributed by atoms with Crippen molar-refractivity contribution in [3.8, 4) is 0 Å². The molecule has 0 bridgehead atoms. The van der Waals surface area contributed by atoms with E-state index in [0.717, 1.165) is 12.8 Å². The third kappa shape index (κ3) is 2.97. The first-order valence-electron chi connectivity index (χ1n) is 4.86. The Morgan fingerprint density at radius 2 is 2.54 bits per heavy atom. The van der Waals surface area contributed by atoms with Gasteiger partial charge < -0.3 is 15.8 Å². The molecule has 2 atom stereocenters. The molecule has 1 fully saturated rings. The van der Waals surface area contributed by atoms with Crippen LogP contribution in [-0.4, -0.2) is 31.7 Å². The standard InChI is InChI=1S/C9H18N2O2/c1-2-8(5-10)11-9(12)7-3-4-13-6-7/h7-8H,2-6,10H2,1H3,(H,11,12). The normalized spacial score (nSPS) is 24.3. The van der Waals surface area contributed by atoms with Gasteiger partial charge in [0.15, 0.2) is 0 Å². The molecule has 13 heavy (non-hydrogen) atoms. The monoisotopic (exact) mass is 186 g/mol. The van der Waals surface area contributed by atoms with Gasteiger partial charge in [-0.15, -0.1) is 0 Å². The Kier molecular flexibility index (Phi) is 4.18. The van der Waals surface area contributed by atoms with Crippen molar-refractivity contribution in [3.63, 3.8) is 0 Å². The molecule has 1 heterocycles. The van der Waals surface area contributed by atoms with E-state index in [2.05, 4.69) is 5.32 Å². The maximum Gasteiger partial charge on any atom is 0.225 e. The van der Waals surface area contributed by atoms with Crippen LogP contribution in [0.15, 0.2) is 0 Å². The third-order valence-electron chi connectivity index (χ3n) is 2.42. The molecule has 0 saturated carbocycles. The van der Waals surface area contributed by atoms with Gasteiger partial charge in [0, 0.05) is 19.2 Å². The van der Waals surface area contributed by atoms with E-state index >= 15 is 0 Å². The molecule has 0 spiro atoms. The van der Waals surface area contributed by atoms with Crippen LogP contribution in [-0.2, 0) is 9.53 Å². The number of hydrogen-bond acceptors (Lipinski definition) is 3. The van der Waals surface area contributed by atoms with E-state index in [0.29, 0.717) is 19.8 Å². The molecule has 0 radical (unpaired) electrons. The Balaban J connectivity index is 2.30. The quantitative estimate of drug-likeness (QED) is 0.643. The lowest BCUT2D eigenvalue weighted by molar-refractivity contribution is -0.125. The minimum atomic E-state index is 0.0422. The SMILES string of the molecule is CCC(CN)NC(=O)C1CCOC1. The molecule has 76 valence electrons. The van der Waals surface area contributed by atoms with Crippen LogP contribution in [0.2, 0.25) is 0 Å². The van der Waals surface area contributed by atoms with Crippen LogP contribution in [0.25, 0.3) is 0 Å². The van der Waals surface area contributed by atoms with Gasteiger partial charge >= 0.3 is 0 Å². The molecule has 4 heteroatoms. The van der Waals surface area contributed by atoms with Crippen LogP contribution < -0.4 is 11.1 Å². The summed E-state index contributed by atoms with van der Waals surface area (Å²) in [5.41, 5.74) is 5.48. The number of nitrogens with one attached hydrogen (secondary N) is 1. The summed E-state index contributed by atoms with van der Waals surface area (Å²) >= 11 is 0. The number of nitrogens with two attached hydrogens (primary N) is 1. The smallest absolute Gasteiger partial charge is 0.225 e. The number of ether oxygens (including phenoxy) is 1. The van der Waals surface area contributed by atoms with E-state index in [4.69, 9.17) is 10.5 Å². The first-order chi connectivity index (χ1) is 6.27. The highest BCUT2D eigenvalue weighted by Crippen LogP contribution is 2.12. The van der Waals surface area contributed by atoms with Crippen molar-refractivity contribution in [1.29, 1.82) is 0 Å².